The molecule has 1 unspecified atom stereocenters. The summed E-state index contributed by atoms with van der Waals surface area (Å²) >= 11 is 0. The topological polar surface area (TPSA) is 65.0 Å². The third kappa shape index (κ3) is 15.7. The molecule has 0 amide bonds. The molecule has 0 aliphatic heterocycles. The van der Waals surface area contributed by atoms with Crippen LogP contribution in [0.4, 0.5) is 0 Å². The van der Waals surface area contributed by atoms with Crippen molar-refractivity contribution in [3.05, 3.63) is 29.8 Å². The second kappa shape index (κ2) is 19.0. The smallest absolute Gasteiger partial charge is 0.491 e. The van der Waals surface area contributed by atoms with Gasteiger partial charge < -0.3 is 9.47 Å². The first kappa shape index (κ1) is 26.6. The van der Waals surface area contributed by atoms with Crippen molar-refractivity contribution in [2.75, 3.05) is 26.4 Å². The standard InChI is InChI=1S/C19H31O5P.K/c1-2-3-4-5-6-7-8-9-18-10-12-19(13-11-18)23-16-14-22-15-17-24-25(20)21;/h10-13H,2-9,14-17H2,1H3;/p+1. The van der Waals surface area contributed by atoms with Gasteiger partial charge in [0, 0.05) is 55.9 Å². The molecule has 143 valence electrons. The van der Waals surface area contributed by atoms with Crippen LogP contribution in [0.3, 0.4) is 0 Å². The van der Waals surface area contributed by atoms with Crippen LogP contribution in [0.2, 0.25) is 0 Å². The average molecular weight is 411 g/mol. The van der Waals surface area contributed by atoms with E-state index in [1.807, 2.05) is 12.1 Å². The SMILES string of the molecule is CCCCCCCCCc1ccc(OCCOCCO[P+](=O)O)cc1.[K]. The van der Waals surface area contributed by atoms with Crippen molar-refractivity contribution in [3.8, 4) is 5.75 Å². The third-order valence-corrected chi connectivity index (χ3v) is 4.32. The molecule has 5 nitrogen and oxygen atoms in total. The Morgan fingerprint density at radius 1 is 0.885 bits per heavy atom. The Labute approximate surface area is 201 Å². The largest absolute Gasteiger partial charge is 0.694 e. The van der Waals surface area contributed by atoms with Gasteiger partial charge in [-0.2, -0.15) is 0 Å². The molecule has 1 aromatic rings. The molecule has 0 aromatic heterocycles. The Kier molecular flexibility index (Phi) is 19.4. The van der Waals surface area contributed by atoms with Gasteiger partial charge in [0.05, 0.1) is 13.2 Å². The fraction of sp³-hybridized carbons (Fsp3) is 0.684. The second-order valence-corrected chi connectivity index (χ2v) is 6.78. The molecule has 1 rings (SSSR count). The minimum atomic E-state index is -2.54. The Balaban J connectivity index is 0.00000625. The maximum absolute atomic E-state index is 10.3. The van der Waals surface area contributed by atoms with E-state index in [9.17, 15) is 4.57 Å². The van der Waals surface area contributed by atoms with Crippen molar-refractivity contribution >= 4 is 59.6 Å². The number of hydrogen-bond acceptors (Lipinski definition) is 4. The van der Waals surface area contributed by atoms with Crippen LogP contribution in [0, 0.1) is 0 Å². The summed E-state index contributed by atoms with van der Waals surface area (Å²) in [5, 5.41) is 0. The Bertz CT molecular complexity index is 456. The van der Waals surface area contributed by atoms with Crippen LogP contribution in [0.5, 0.6) is 5.75 Å². The summed E-state index contributed by atoms with van der Waals surface area (Å²) in [5.74, 6) is 0.835. The fourth-order valence-electron chi connectivity index (χ4n) is 2.53. The Hall–Kier alpha value is 0.636. The van der Waals surface area contributed by atoms with Gasteiger partial charge in [-0.15, -0.1) is 9.42 Å². The minimum Gasteiger partial charge on any atom is -0.491 e. The molecular weight excluding hydrogens is 378 g/mol. The molecule has 26 heavy (non-hydrogen) atoms. The van der Waals surface area contributed by atoms with Gasteiger partial charge in [0.2, 0.25) is 0 Å². The zero-order valence-corrected chi connectivity index (χ0v) is 20.3. The molecule has 1 atom stereocenters. The van der Waals surface area contributed by atoms with Crippen LogP contribution in [-0.4, -0.2) is 82.7 Å². The quantitative estimate of drug-likeness (QED) is 0.244. The van der Waals surface area contributed by atoms with Crippen molar-refractivity contribution < 1.29 is 23.5 Å². The van der Waals surface area contributed by atoms with Crippen LogP contribution < -0.4 is 4.74 Å². The van der Waals surface area contributed by atoms with Crippen molar-refractivity contribution in [3.63, 3.8) is 0 Å². The maximum atomic E-state index is 10.3. The summed E-state index contributed by atoms with van der Waals surface area (Å²) in [7, 11) is -2.54. The summed E-state index contributed by atoms with van der Waals surface area (Å²) in [6.45, 7) is 3.51. The van der Waals surface area contributed by atoms with Gasteiger partial charge >= 0.3 is 8.25 Å². The van der Waals surface area contributed by atoms with Gasteiger partial charge in [-0.05, 0) is 30.5 Å². The maximum Gasteiger partial charge on any atom is 0.694 e. The van der Waals surface area contributed by atoms with Gasteiger partial charge in [-0.25, -0.2) is 0 Å². The van der Waals surface area contributed by atoms with Crippen molar-refractivity contribution in [2.45, 2.75) is 58.3 Å². The molecule has 0 bridgehead atoms. The molecule has 0 spiro atoms. The van der Waals surface area contributed by atoms with E-state index in [-0.39, 0.29) is 64.6 Å². The van der Waals surface area contributed by atoms with Crippen molar-refractivity contribution in [2.24, 2.45) is 0 Å². The molecule has 0 fully saturated rings. The Morgan fingerprint density at radius 3 is 2.15 bits per heavy atom. The van der Waals surface area contributed by atoms with E-state index in [4.69, 9.17) is 14.4 Å². The molecule has 0 aliphatic rings. The molecule has 0 heterocycles. The minimum absolute atomic E-state index is 0. The zero-order chi connectivity index (χ0) is 18.2. The van der Waals surface area contributed by atoms with Crippen molar-refractivity contribution in [1.82, 2.24) is 0 Å². The van der Waals surface area contributed by atoms with E-state index in [2.05, 4.69) is 23.6 Å². The van der Waals surface area contributed by atoms with Gasteiger partial charge in [-0.3, -0.25) is 0 Å². The molecule has 0 aliphatic carbocycles. The summed E-state index contributed by atoms with van der Waals surface area (Å²) in [4.78, 5) is 8.44. The van der Waals surface area contributed by atoms with E-state index in [0.717, 1.165) is 12.2 Å². The first-order chi connectivity index (χ1) is 12.2. The molecule has 1 radical (unpaired) electrons. The van der Waals surface area contributed by atoms with E-state index < -0.39 is 8.25 Å². The summed E-state index contributed by atoms with van der Waals surface area (Å²) < 4.78 is 25.6. The molecule has 7 heteroatoms. The molecule has 0 saturated heterocycles. The average Bonchev–Trinajstić information content (AvgIpc) is 2.61. The van der Waals surface area contributed by atoms with E-state index in [1.165, 1.54) is 50.5 Å². The van der Waals surface area contributed by atoms with Crippen LogP contribution in [-0.2, 0) is 20.2 Å². The predicted octanol–water partition coefficient (Wildman–Crippen LogP) is 4.66. The fourth-order valence-corrected chi connectivity index (χ4v) is 2.76. The summed E-state index contributed by atoms with van der Waals surface area (Å²) in [5.41, 5.74) is 1.35. The Morgan fingerprint density at radius 2 is 1.50 bits per heavy atom. The van der Waals surface area contributed by atoms with Crippen LogP contribution in [0.1, 0.15) is 57.4 Å². The second-order valence-electron chi connectivity index (χ2n) is 6.05. The van der Waals surface area contributed by atoms with Gasteiger partial charge in [0.25, 0.3) is 0 Å². The molecule has 1 N–H and O–H groups in total. The normalized spacial score (nSPS) is 11.1. The van der Waals surface area contributed by atoms with Gasteiger partial charge in [-0.1, -0.05) is 57.6 Å². The summed E-state index contributed by atoms with van der Waals surface area (Å²) in [6, 6.07) is 8.24. The first-order valence-electron chi connectivity index (χ1n) is 9.31. The van der Waals surface area contributed by atoms with E-state index in [1.54, 1.807) is 0 Å². The number of benzene rings is 1. The zero-order valence-electron chi connectivity index (χ0n) is 16.3. The number of unbranched alkanes of at least 4 members (excludes halogenated alkanes) is 6. The number of rotatable bonds is 16. The number of ether oxygens (including phenoxy) is 2. The number of aryl methyl sites for hydroxylation is 1. The predicted molar refractivity (Wildman–Crippen MR) is 106 cm³/mol. The van der Waals surface area contributed by atoms with Gasteiger partial charge in [0.15, 0.2) is 0 Å². The van der Waals surface area contributed by atoms with Crippen LogP contribution in [0.15, 0.2) is 24.3 Å². The monoisotopic (exact) mass is 410 g/mol. The third-order valence-electron chi connectivity index (χ3n) is 3.92. The van der Waals surface area contributed by atoms with Crippen LogP contribution >= 0.6 is 8.25 Å². The molecule has 1 aromatic carbocycles. The van der Waals surface area contributed by atoms with Gasteiger partial charge in [0.1, 0.15) is 19.0 Å². The summed E-state index contributed by atoms with van der Waals surface area (Å²) in [6.07, 6.45) is 10.5. The van der Waals surface area contributed by atoms with Crippen LogP contribution in [0.25, 0.3) is 0 Å². The molecule has 0 saturated carbocycles. The molecular formula is C19H32KO5P+. The van der Waals surface area contributed by atoms with E-state index in [0.29, 0.717) is 13.2 Å². The van der Waals surface area contributed by atoms with Crippen molar-refractivity contribution in [1.29, 1.82) is 0 Å². The number of hydrogen-bond donors (Lipinski definition) is 1. The van der Waals surface area contributed by atoms with E-state index >= 15 is 0 Å². The first-order valence-corrected chi connectivity index (χ1v) is 10.4.